The maximum absolute atomic E-state index is 3.67. The third-order valence-electron chi connectivity index (χ3n) is 4.17. The van der Waals surface area contributed by atoms with Crippen molar-refractivity contribution in [1.29, 1.82) is 0 Å². The third kappa shape index (κ3) is 4.32. The number of nitrogens with one attached hydrogen (secondary N) is 1. The molecular formula is C17H28N2. The Kier molecular flexibility index (Phi) is 5.41. The monoisotopic (exact) mass is 260 g/mol. The Hall–Kier alpha value is -0.860. The highest BCUT2D eigenvalue weighted by atomic mass is 15.2. The zero-order valence-electron chi connectivity index (χ0n) is 12.7. The highest BCUT2D eigenvalue weighted by Gasteiger charge is 2.19. The van der Waals surface area contributed by atoms with E-state index in [1.807, 2.05) is 0 Å². The molecule has 1 heterocycles. The van der Waals surface area contributed by atoms with Crippen molar-refractivity contribution in [2.45, 2.75) is 52.6 Å². The molecule has 0 saturated carbocycles. The van der Waals surface area contributed by atoms with Crippen LogP contribution in [0.3, 0.4) is 0 Å². The minimum atomic E-state index is 0.695. The average molecular weight is 260 g/mol. The van der Waals surface area contributed by atoms with Gasteiger partial charge in [-0.2, -0.15) is 0 Å². The first-order valence-electron chi connectivity index (χ1n) is 7.71. The molecule has 1 unspecified atom stereocenters. The number of benzene rings is 1. The molecule has 1 fully saturated rings. The van der Waals surface area contributed by atoms with Crippen LogP contribution in [0.5, 0.6) is 0 Å². The Morgan fingerprint density at radius 1 is 1.26 bits per heavy atom. The van der Waals surface area contributed by atoms with Gasteiger partial charge in [-0.25, -0.2) is 0 Å². The summed E-state index contributed by atoms with van der Waals surface area (Å²) in [6.45, 7) is 11.3. The molecule has 0 spiro atoms. The largest absolute Gasteiger partial charge is 0.313 e. The van der Waals surface area contributed by atoms with Crippen LogP contribution in [-0.4, -0.2) is 30.6 Å². The molecule has 1 aliphatic heterocycles. The van der Waals surface area contributed by atoms with Gasteiger partial charge in [0.25, 0.3) is 0 Å². The first-order chi connectivity index (χ1) is 9.19. The van der Waals surface area contributed by atoms with Crippen LogP contribution in [0.2, 0.25) is 0 Å². The van der Waals surface area contributed by atoms with E-state index in [1.54, 1.807) is 0 Å². The van der Waals surface area contributed by atoms with Crippen LogP contribution in [0.1, 0.15) is 42.9 Å². The van der Waals surface area contributed by atoms with Gasteiger partial charge >= 0.3 is 0 Å². The summed E-state index contributed by atoms with van der Waals surface area (Å²) in [6.07, 6.45) is 3.89. The molecule has 0 radical (unpaired) electrons. The minimum Gasteiger partial charge on any atom is -0.313 e. The van der Waals surface area contributed by atoms with Gasteiger partial charge in [-0.05, 0) is 62.9 Å². The number of aryl methyl sites for hydroxylation is 2. The summed E-state index contributed by atoms with van der Waals surface area (Å²) in [5, 5.41) is 3.67. The van der Waals surface area contributed by atoms with E-state index < -0.39 is 0 Å². The molecule has 0 aliphatic carbocycles. The van der Waals surface area contributed by atoms with E-state index in [1.165, 1.54) is 49.0 Å². The molecule has 1 atom stereocenters. The third-order valence-corrected chi connectivity index (χ3v) is 4.17. The molecular weight excluding hydrogens is 232 g/mol. The summed E-state index contributed by atoms with van der Waals surface area (Å²) >= 11 is 0. The molecule has 106 valence electrons. The predicted molar refractivity (Wildman–Crippen MR) is 82.5 cm³/mol. The topological polar surface area (TPSA) is 15.3 Å². The minimum absolute atomic E-state index is 0.695. The molecule has 2 heteroatoms. The van der Waals surface area contributed by atoms with Crippen LogP contribution in [0.4, 0.5) is 0 Å². The summed E-state index contributed by atoms with van der Waals surface area (Å²) < 4.78 is 0. The number of likely N-dealkylation sites (tertiary alicyclic amines) is 1. The lowest BCUT2D eigenvalue weighted by atomic mass is 10.0. The summed E-state index contributed by atoms with van der Waals surface area (Å²) in [5.74, 6) is 0. The van der Waals surface area contributed by atoms with Crippen molar-refractivity contribution in [2.75, 3.05) is 19.6 Å². The highest BCUT2D eigenvalue weighted by molar-refractivity contribution is 5.29. The number of rotatable bonds is 5. The molecule has 1 aromatic carbocycles. The zero-order valence-corrected chi connectivity index (χ0v) is 12.7. The van der Waals surface area contributed by atoms with Gasteiger partial charge in [0.1, 0.15) is 0 Å². The van der Waals surface area contributed by atoms with E-state index in [-0.39, 0.29) is 0 Å². The van der Waals surface area contributed by atoms with E-state index >= 15 is 0 Å². The molecule has 0 aromatic heterocycles. The lowest BCUT2D eigenvalue weighted by Gasteiger charge is -2.33. The Bertz CT molecular complexity index is 400. The van der Waals surface area contributed by atoms with Gasteiger partial charge in [-0.3, -0.25) is 4.90 Å². The van der Waals surface area contributed by atoms with Crippen LogP contribution in [0.25, 0.3) is 0 Å². The number of hydrogen-bond donors (Lipinski definition) is 1. The van der Waals surface area contributed by atoms with Crippen molar-refractivity contribution in [3.05, 3.63) is 34.9 Å². The zero-order chi connectivity index (χ0) is 13.7. The summed E-state index contributed by atoms with van der Waals surface area (Å²) in [6, 6.07) is 7.57. The second-order valence-corrected chi connectivity index (χ2v) is 5.95. The van der Waals surface area contributed by atoms with Gasteiger partial charge < -0.3 is 5.32 Å². The number of piperidine rings is 1. The standard InChI is InChI=1S/C17H28N2/c1-4-9-18-17-6-5-10-19(13-17)12-16-8-7-14(2)15(3)11-16/h7-8,11,17-18H,4-6,9-10,12-13H2,1-3H3. The van der Waals surface area contributed by atoms with Crippen molar-refractivity contribution in [1.82, 2.24) is 10.2 Å². The quantitative estimate of drug-likeness (QED) is 0.874. The summed E-state index contributed by atoms with van der Waals surface area (Å²) in [5.41, 5.74) is 4.26. The van der Waals surface area contributed by atoms with Crippen LogP contribution < -0.4 is 5.32 Å². The fraction of sp³-hybridized carbons (Fsp3) is 0.647. The first kappa shape index (κ1) is 14.5. The highest BCUT2D eigenvalue weighted by Crippen LogP contribution is 2.16. The Morgan fingerprint density at radius 2 is 2.11 bits per heavy atom. The van der Waals surface area contributed by atoms with E-state index in [0.717, 1.165) is 13.1 Å². The maximum atomic E-state index is 3.67. The van der Waals surface area contributed by atoms with Gasteiger partial charge in [-0.1, -0.05) is 25.1 Å². The van der Waals surface area contributed by atoms with Crippen molar-refractivity contribution < 1.29 is 0 Å². The molecule has 19 heavy (non-hydrogen) atoms. The molecule has 2 nitrogen and oxygen atoms in total. The average Bonchev–Trinajstić information content (AvgIpc) is 2.41. The SMILES string of the molecule is CCCNC1CCCN(Cc2ccc(C)c(C)c2)C1. The van der Waals surface area contributed by atoms with Crippen molar-refractivity contribution in [3.8, 4) is 0 Å². The molecule has 0 amide bonds. The summed E-state index contributed by atoms with van der Waals surface area (Å²) in [4.78, 5) is 2.60. The fourth-order valence-corrected chi connectivity index (χ4v) is 2.87. The predicted octanol–water partition coefficient (Wildman–Crippen LogP) is 3.27. The van der Waals surface area contributed by atoms with Crippen molar-refractivity contribution in [2.24, 2.45) is 0 Å². The molecule has 1 aromatic rings. The van der Waals surface area contributed by atoms with Crippen LogP contribution in [-0.2, 0) is 6.54 Å². The van der Waals surface area contributed by atoms with E-state index in [9.17, 15) is 0 Å². The van der Waals surface area contributed by atoms with Crippen LogP contribution in [0, 0.1) is 13.8 Å². The maximum Gasteiger partial charge on any atom is 0.0234 e. The van der Waals surface area contributed by atoms with E-state index in [2.05, 4.69) is 49.2 Å². The number of nitrogens with zero attached hydrogens (tertiary/aromatic N) is 1. The Labute approximate surface area is 118 Å². The Balaban J connectivity index is 1.89. The molecule has 1 aliphatic rings. The van der Waals surface area contributed by atoms with E-state index in [0.29, 0.717) is 6.04 Å². The normalized spacial score (nSPS) is 20.7. The molecule has 2 rings (SSSR count). The van der Waals surface area contributed by atoms with Gasteiger partial charge in [0.05, 0.1) is 0 Å². The second kappa shape index (κ2) is 7.06. The van der Waals surface area contributed by atoms with Gasteiger partial charge in [0.2, 0.25) is 0 Å². The van der Waals surface area contributed by atoms with E-state index in [4.69, 9.17) is 0 Å². The smallest absolute Gasteiger partial charge is 0.0234 e. The van der Waals surface area contributed by atoms with Gasteiger partial charge in [0.15, 0.2) is 0 Å². The molecule has 1 N–H and O–H groups in total. The lowest BCUT2D eigenvalue weighted by molar-refractivity contribution is 0.183. The van der Waals surface area contributed by atoms with Gasteiger partial charge in [-0.15, -0.1) is 0 Å². The van der Waals surface area contributed by atoms with Crippen molar-refractivity contribution >= 4 is 0 Å². The van der Waals surface area contributed by atoms with Crippen molar-refractivity contribution in [3.63, 3.8) is 0 Å². The summed E-state index contributed by atoms with van der Waals surface area (Å²) in [7, 11) is 0. The Morgan fingerprint density at radius 3 is 2.84 bits per heavy atom. The van der Waals surface area contributed by atoms with Crippen LogP contribution >= 0.6 is 0 Å². The second-order valence-electron chi connectivity index (χ2n) is 5.95. The van der Waals surface area contributed by atoms with Crippen LogP contribution in [0.15, 0.2) is 18.2 Å². The fourth-order valence-electron chi connectivity index (χ4n) is 2.87. The van der Waals surface area contributed by atoms with Gasteiger partial charge in [0, 0.05) is 19.1 Å². The number of hydrogen-bond acceptors (Lipinski definition) is 2. The molecule has 1 saturated heterocycles. The first-order valence-corrected chi connectivity index (χ1v) is 7.71. The lowest BCUT2D eigenvalue weighted by Crippen LogP contribution is -2.45. The molecule has 0 bridgehead atoms.